The summed E-state index contributed by atoms with van der Waals surface area (Å²) in [7, 11) is -3.51. The fraction of sp³-hybridized carbons (Fsp3) is 0.300. The average molecular weight is 357 g/mol. The molecule has 2 aromatic carbocycles. The Bertz CT molecular complexity index is 919. The molecule has 0 radical (unpaired) electrons. The first-order valence-corrected chi connectivity index (χ1v) is 10.1. The van der Waals surface area contributed by atoms with Gasteiger partial charge in [-0.2, -0.15) is 4.31 Å². The van der Waals surface area contributed by atoms with Gasteiger partial charge in [0.05, 0.1) is 10.9 Å². The first kappa shape index (κ1) is 16.5. The molecule has 1 atom stereocenters. The molecule has 130 valence electrons. The van der Waals surface area contributed by atoms with Gasteiger partial charge in [-0.25, -0.2) is 12.8 Å². The molecule has 0 aromatic heterocycles. The summed E-state index contributed by atoms with van der Waals surface area (Å²) in [6.07, 6.45) is 4.69. The Labute approximate surface area is 147 Å². The van der Waals surface area contributed by atoms with Gasteiger partial charge in [-0.3, -0.25) is 0 Å². The van der Waals surface area contributed by atoms with Crippen molar-refractivity contribution in [1.82, 2.24) is 4.31 Å². The molecule has 0 unspecified atom stereocenters. The average Bonchev–Trinajstić information content (AvgIpc) is 3.12. The molecule has 0 bridgehead atoms. The lowest BCUT2D eigenvalue weighted by Gasteiger charge is -2.27. The van der Waals surface area contributed by atoms with E-state index in [1.807, 2.05) is 30.3 Å². The minimum atomic E-state index is -3.51. The highest BCUT2D eigenvalue weighted by Gasteiger charge is 2.37. The van der Waals surface area contributed by atoms with Crippen molar-refractivity contribution in [3.05, 3.63) is 75.9 Å². The van der Waals surface area contributed by atoms with Gasteiger partial charge >= 0.3 is 0 Å². The Morgan fingerprint density at radius 1 is 1.00 bits per heavy atom. The minimum Gasteiger partial charge on any atom is -0.207 e. The van der Waals surface area contributed by atoms with Gasteiger partial charge in [-0.05, 0) is 60.6 Å². The Kier molecular flexibility index (Phi) is 4.21. The highest BCUT2D eigenvalue weighted by molar-refractivity contribution is 7.93. The van der Waals surface area contributed by atoms with Gasteiger partial charge in [0.15, 0.2) is 0 Å². The summed E-state index contributed by atoms with van der Waals surface area (Å²) in [5, 5.41) is 0. The van der Waals surface area contributed by atoms with Crippen LogP contribution in [-0.4, -0.2) is 19.3 Å². The molecule has 1 aliphatic carbocycles. The van der Waals surface area contributed by atoms with Gasteiger partial charge in [0.25, 0.3) is 0 Å². The Morgan fingerprint density at radius 2 is 1.76 bits per heavy atom. The quantitative estimate of drug-likeness (QED) is 0.822. The molecule has 5 heteroatoms. The van der Waals surface area contributed by atoms with Crippen LogP contribution in [0.5, 0.6) is 0 Å². The zero-order valence-electron chi connectivity index (χ0n) is 13.9. The number of sulfonamides is 1. The monoisotopic (exact) mass is 357 g/mol. The van der Waals surface area contributed by atoms with Crippen LogP contribution in [0, 0.1) is 5.82 Å². The number of rotatable bonds is 3. The first-order valence-electron chi connectivity index (χ1n) is 8.61. The third-order valence-corrected chi connectivity index (χ3v) is 7.15. The zero-order valence-corrected chi connectivity index (χ0v) is 14.7. The number of fused-ring (bicyclic) bond motifs is 1. The maximum Gasteiger partial charge on any atom is 0.239 e. The topological polar surface area (TPSA) is 37.4 Å². The molecule has 0 N–H and O–H groups in total. The highest BCUT2D eigenvalue weighted by atomic mass is 32.2. The third-order valence-electron chi connectivity index (χ3n) is 5.11. The van der Waals surface area contributed by atoms with E-state index in [4.69, 9.17) is 0 Å². The summed E-state index contributed by atoms with van der Waals surface area (Å²) in [4.78, 5) is 0.486. The van der Waals surface area contributed by atoms with Crippen molar-refractivity contribution in [3.8, 4) is 0 Å². The predicted molar refractivity (Wildman–Crippen MR) is 96.7 cm³/mol. The molecule has 2 aliphatic rings. The van der Waals surface area contributed by atoms with Crippen LogP contribution in [0.3, 0.4) is 0 Å². The van der Waals surface area contributed by atoms with E-state index in [2.05, 4.69) is 0 Å². The van der Waals surface area contributed by atoms with Crippen molar-refractivity contribution >= 4 is 16.1 Å². The largest absolute Gasteiger partial charge is 0.239 e. The SMILES string of the molecule is O=S(=O)(C1=Cc2ccccc2CC1)N1CCC[C@H]1c1ccc(F)cc1. The normalized spacial score (nSPS) is 21.0. The van der Waals surface area contributed by atoms with Gasteiger partial charge in [0.2, 0.25) is 10.0 Å². The van der Waals surface area contributed by atoms with Crippen molar-refractivity contribution in [2.45, 2.75) is 31.7 Å². The van der Waals surface area contributed by atoms with Crippen LogP contribution in [0.15, 0.2) is 53.4 Å². The van der Waals surface area contributed by atoms with Crippen molar-refractivity contribution in [1.29, 1.82) is 0 Å². The molecule has 4 rings (SSSR count). The molecule has 25 heavy (non-hydrogen) atoms. The number of nitrogens with zero attached hydrogens (tertiary/aromatic N) is 1. The van der Waals surface area contributed by atoms with Gasteiger partial charge in [-0.1, -0.05) is 36.4 Å². The van der Waals surface area contributed by atoms with Crippen molar-refractivity contribution in [2.24, 2.45) is 0 Å². The molecular formula is C20H20FNO2S. The Morgan fingerprint density at radius 3 is 2.56 bits per heavy atom. The summed E-state index contributed by atoms with van der Waals surface area (Å²) in [6.45, 7) is 0.517. The number of halogens is 1. The zero-order chi connectivity index (χ0) is 17.4. The number of hydrogen-bond acceptors (Lipinski definition) is 2. The van der Waals surface area contributed by atoms with Crippen LogP contribution >= 0.6 is 0 Å². The molecule has 0 saturated carbocycles. The van der Waals surface area contributed by atoms with Crippen LogP contribution in [0.1, 0.15) is 42.0 Å². The molecule has 1 saturated heterocycles. The van der Waals surface area contributed by atoms with E-state index in [0.29, 0.717) is 17.9 Å². The standard InChI is InChI=1S/C20H20FNO2S/c21-18-10-7-16(8-11-18)20-6-3-13-22(20)25(23,24)19-12-9-15-4-1-2-5-17(15)14-19/h1-2,4-5,7-8,10-11,14,20H,3,6,9,12-13H2/t20-/m0/s1. The van der Waals surface area contributed by atoms with E-state index in [0.717, 1.165) is 30.4 Å². The fourth-order valence-electron chi connectivity index (χ4n) is 3.81. The number of allylic oxidation sites excluding steroid dienone is 1. The van der Waals surface area contributed by atoms with E-state index < -0.39 is 10.0 Å². The Hall–Kier alpha value is -1.98. The molecule has 0 amide bonds. The van der Waals surface area contributed by atoms with E-state index >= 15 is 0 Å². The van der Waals surface area contributed by atoms with Crippen LogP contribution in [0.25, 0.3) is 6.08 Å². The molecule has 0 spiro atoms. The number of aryl methyl sites for hydroxylation is 1. The minimum absolute atomic E-state index is 0.205. The van der Waals surface area contributed by atoms with Crippen LogP contribution < -0.4 is 0 Å². The van der Waals surface area contributed by atoms with Gasteiger partial charge in [0.1, 0.15) is 5.82 Å². The molecule has 2 aromatic rings. The lowest BCUT2D eigenvalue weighted by Crippen LogP contribution is -2.32. The molecule has 1 aliphatic heterocycles. The second-order valence-electron chi connectivity index (χ2n) is 6.63. The maximum absolute atomic E-state index is 13.2. The van der Waals surface area contributed by atoms with Gasteiger partial charge < -0.3 is 0 Å². The summed E-state index contributed by atoms with van der Waals surface area (Å²) in [6, 6.07) is 13.9. The second kappa shape index (κ2) is 6.39. The highest BCUT2D eigenvalue weighted by Crippen LogP contribution is 2.38. The smallest absolute Gasteiger partial charge is 0.207 e. The maximum atomic E-state index is 13.2. The van der Waals surface area contributed by atoms with Crippen LogP contribution in [0.2, 0.25) is 0 Å². The van der Waals surface area contributed by atoms with Gasteiger partial charge in [-0.15, -0.1) is 0 Å². The van der Waals surface area contributed by atoms with Crippen molar-refractivity contribution < 1.29 is 12.8 Å². The third kappa shape index (κ3) is 3.02. The molecule has 1 heterocycles. The van der Waals surface area contributed by atoms with E-state index in [1.54, 1.807) is 16.4 Å². The van der Waals surface area contributed by atoms with E-state index in [1.165, 1.54) is 17.7 Å². The number of benzene rings is 2. The van der Waals surface area contributed by atoms with Crippen LogP contribution in [-0.2, 0) is 16.4 Å². The van der Waals surface area contributed by atoms with Crippen LogP contribution in [0.4, 0.5) is 4.39 Å². The number of hydrogen-bond donors (Lipinski definition) is 0. The first-order chi connectivity index (χ1) is 12.1. The lowest BCUT2D eigenvalue weighted by molar-refractivity contribution is 0.400. The molecular weight excluding hydrogens is 337 g/mol. The lowest BCUT2D eigenvalue weighted by atomic mass is 9.98. The summed E-state index contributed by atoms with van der Waals surface area (Å²) >= 11 is 0. The summed E-state index contributed by atoms with van der Waals surface area (Å²) < 4.78 is 41.3. The predicted octanol–water partition coefficient (Wildman–Crippen LogP) is 4.28. The Balaban J connectivity index is 1.68. The second-order valence-corrected chi connectivity index (χ2v) is 8.58. The van der Waals surface area contributed by atoms with Crippen molar-refractivity contribution in [3.63, 3.8) is 0 Å². The fourth-order valence-corrected chi connectivity index (χ4v) is 5.67. The molecule has 1 fully saturated rings. The van der Waals surface area contributed by atoms with E-state index in [9.17, 15) is 12.8 Å². The summed E-state index contributed by atoms with van der Waals surface area (Å²) in [5.41, 5.74) is 3.04. The van der Waals surface area contributed by atoms with Crippen molar-refractivity contribution in [2.75, 3.05) is 6.54 Å². The van der Waals surface area contributed by atoms with E-state index in [-0.39, 0.29) is 11.9 Å². The molecule has 3 nitrogen and oxygen atoms in total. The summed E-state index contributed by atoms with van der Waals surface area (Å²) in [5.74, 6) is -0.303. The van der Waals surface area contributed by atoms with Gasteiger partial charge in [0, 0.05) is 6.54 Å².